The summed E-state index contributed by atoms with van der Waals surface area (Å²) in [6, 6.07) is 8.18. The van der Waals surface area contributed by atoms with E-state index in [4.69, 9.17) is 0 Å². The number of piperazine rings is 1. The molecule has 1 aliphatic heterocycles. The zero-order valence-corrected chi connectivity index (χ0v) is 16.8. The van der Waals surface area contributed by atoms with E-state index in [1.165, 1.54) is 18.2 Å². The van der Waals surface area contributed by atoms with E-state index in [-0.39, 0.29) is 17.3 Å². The monoisotopic (exact) mass is 443 g/mol. The Hall–Kier alpha value is -2.72. The number of rotatable bonds is 6. The molecule has 31 heavy (non-hydrogen) atoms. The third kappa shape index (κ3) is 6.63. The van der Waals surface area contributed by atoms with Crippen LogP contribution in [0.1, 0.15) is 12.5 Å². The molecule has 1 aliphatic rings. The van der Waals surface area contributed by atoms with Gasteiger partial charge in [-0.05, 0) is 36.8 Å². The van der Waals surface area contributed by atoms with Crippen molar-refractivity contribution in [3.05, 3.63) is 59.7 Å². The number of carbonyl (C=O) groups is 1. The third-order valence-electron chi connectivity index (χ3n) is 5.09. The third-order valence-corrected chi connectivity index (χ3v) is 5.09. The van der Waals surface area contributed by atoms with Gasteiger partial charge in [0.2, 0.25) is 5.91 Å². The summed E-state index contributed by atoms with van der Waals surface area (Å²) in [5.41, 5.74) is 0.774. The summed E-state index contributed by atoms with van der Waals surface area (Å²) in [6.07, 6.45) is -4.72. The Labute approximate surface area is 176 Å². The molecule has 2 aromatic rings. The van der Waals surface area contributed by atoms with Gasteiger partial charge in [-0.25, -0.2) is 8.78 Å². The quantitative estimate of drug-likeness (QED) is 0.686. The Bertz CT molecular complexity index is 897. The highest BCUT2D eigenvalue weighted by molar-refractivity contribution is 5.94. The standard InChI is InChI=1S/C21H22F5N3O2/c1-14(20(30)27-19-7-4-16(22)12-18(19)23)29-10-8-28(9-11-29)13-15-2-5-17(6-3-15)31-21(24,25)26/h2-7,12,14H,8-11,13H2,1H3,(H,27,30). The lowest BCUT2D eigenvalue weighted by molar-refractivity contribution is -0.274. The van der Waals surface area contributed by atoms with Crippen LogP contribution in [0.5, 0.6) is 5.75 Å². The number of alkyl halides is 3. The first kappa shape index (κ1) is 23.0. The Morgan fingerprint density at radius 3 is 2.29 bits per heavy atom. The second-order valence-electron chi connectivity index (χ2n) is 7.29. The minimum absolute atomic E-state index is 0.0742. The van der Waals surface area contributed by atoms with E-state index in [0.717, 1.165) is 11.6 Å². The first-order chi connectivity index (χ1) is 14.6. The number of halogens is 5. The maximum atomic E-state index is 13.7. The van der Waals surface area contributed by atoms with Crippen molar-refractivity contribution in [2.24, 2.45) is 0 Å². The van der Waals surface area contributed by atoms with E-state index in [1.807, 2.05) is 4.90 Å². The van der Waals surface area contributed by atoms with Crippen LogP contribution in [0, 0.1) is 11.6 Å². The largest absolute Gasteiger partial charge is 0.573 e. The molecule has 0 bridgehead atoms. The van der Waals surface area contributed by atoms with Crippen LogP contribution in [-0.2, 0) is 11.3 Å². The van der Waals surface area contributed by atoms with Gasteiger partial charge in [0.25, 0.3) is 0 Å². The number of benzene rings is 2. The first-order valence-electron chi connectivity index (χ1n) is 9.68. The topological polar surface area (TPSA) is 44.8 Å². The van der Waals surface area contributed by atoms with Crippen molar-refractivity contribution < 1.29 is 31.5 Å². The molecule has 0 aromatic heterocycles. The van der Waals surface area contributed by atoms with E-state index < -0.39 is 24.0 Å². The van der Waals surface area contributed by atoms with Crippen molar-refractivity contribution in [1.29, 1.82) is 0 Å². The minimum atomic E-state index is -4.72. The normalized spacial score (nSPS) is 16.7. The molecule has 2 aromatic carbocycles. The summed E-state index contributed by atoms with van der Waals surface area (Å²) in [7, 11) is 0. The van der Waals surface area contributed by atoms with E-state index in [2.05, 4.69) is 15.0 Å². The molecule has 1 N–H and O–H groups in total. The molecule has 5 nitrogen and oxygen atoms in total. The summed E-state index contributed by atoms with van der Waals surface area (Å²) < 4.78 is 67.3. The molecular formula is C21H22F5N3O2. The molecule has 3 rings (SSSR count). The van der Waals surface area contributed by atoms with Crippen molar-refractivity contribution in [2.75, 3.05) is 31.5 Å². The molecule has 1 saturated heterocycles. The molecule has 1 atom stereocenters. The second-order valence-corrected chi connectivity index (χ2v) is 7.29. The molecule has 0 aliphatic carbocycles. The number of nitrogens with zero attached hydrogens (tertiary/aromatic N) is 2. The maximum Gasteiger partial charge on any atom is 0.573 e. The molecule has 10 heteroatoms. The van der Waals surface area contributed by atoms with Crippen molar-refractivity contribution >= 4 is 11.6 Å². The van der Waals surface area contributed by atoms with Crippen molar-refractivity contribution in [3.63, 3.8) is 0 Å². The van der Waals surface area contributed by atoms with Crippen LogP contribution in [0.4, 0.5) is 27.6 Å². The maximum absolute atomic E-state index is 13.7. The Morgan fingerprint density at radius 2 is 1.71 bits per heavy atom. The van der Waals surface area contributed by atoms with E-state index in [0.29, 0.717) is 38.8 Å². The predicted molar refractivity (Wildman–Crippen MR) is 104 cm³/mol. The molecule has 1 amide bonds. The molecule has 0 saturated carbocycles. The van der Waals surface area contributed by atoms with Crippen molar-refractivity contribution in [2.45, 2.75) is 25.9 Å². The number of hydrogen-bond acceptors (Lipinski definition) is 4. The number of hydrogen-bond donors (Lipinski definition) is 1. The van der Waals surface area contributed by atoms with Crippen LogP contribution >= 0.6 is 0 Å². The minimum Gasteiger partial charge on any atom is -0.406 e. The summed E-state index contributed by atoms with van der Waals surface area (Å²) in [5.74, 6) is -2.21. The zero-order chi connectivity index (χ0) is 22.6. The van der Waals surface area contributed by atoms with Crippen LogP contribution in [0.3, 0.4) is 0 Å². The zero-order valence-electron chi connectivity index (χ0n) is 16.8. The average molecular weight is 443 g/mol. The van der Waals surface area contributed by atoms with Crippen LogP contribution in [0.15, 0.2) is 42.5 Å². The Morgan fingerprint density at radius 1 is 1.06 bits per heavy atom. The Kier molecular flexibility index (Phi) is 7.11. The lowest BCUT2D eigenvalue weighted by Gasteiger charge is -2.37. The van der Waals surface area contributed by atoms with Gasteiger partial charge >= 0.3 is 6.36 Å². The summed E-state index contributed by atoms with van der Waals surface area (Å²) in [5, 5.41) is 2.48. The van der Waals surface area contributed by atoms with Crippen LogP contribution in [-0.4, -0.2) is 54.3 Å². The summed E-state index contributed by atoms with van der Waals surface area (Å²) in [6.45, 7) is 4.77. The molecule has 0 radical (unpaired) electrons. The number of anilines is 1. The second kappa shape index (κ2) is 9.61. The number of carbonyl (C=O) groups excluding carboxylic acids is 1. The molecule has 1 fully saturated rings. The van der Waals surface area contributed by atoms with Gasteiger partial charge in [0.05, 0.1) is 11.7 Å². The van der Waals surface area contributed by atoms with E-state index in [1.54, 1.807) is 19.1 Å². The van der Waals surface area contributed by atoms with Gasteiger partial charge in [0.1, 0.15) is 17.4 Å². The van der Waals surface area contributed by atoms with Crippen molar-refractivity contribution in [1.82, 2.24) is 9.80 Å². The summed E-state index contributed by atoms with van der Waals surface area (Å²) >= 11 is 0. The lowest BCUT2D eigenvalue weighted by Crippen LogP contribution is -2.52. The van der Waals surface area contributed by atoms with Gasteiger partial charge in [-0.3, -0.25) is 14.6 Å². The van der Waals surface area contributed by atoms with E-state index in [9.17, 15) is 26.7 Å². The van der Waals surface area contributed by atoms with Crippen LogP contribution < -0.4 is 10.1 Å². The van der Waals surface area contributed by atoms with Gasteiger partial charge in [-0.1, -0.05) is 12.1 Å². The molecule has 1 unspecified atom stereocenters. The predicted octanol–water partition coefficient (Wildman–Crippen LogP) is 4.01. The fraction of sp³-hybridized carbons (Fsp3) is 0.381. The fourth-order valence-corrected chi connectivity index (χ4v) is 3.36. The van der Waals surface area contributed by atoms with Gasteiger partial charge in [-0.15, -0.1) is 13.2 Å². The van der Waals surface area contributed by atoms with Crippen molar-refractivity contribution in [3.8, 4) is 5.75 Å². The highest BCUT2D eigenvalue weighted by atomic mass is 19.4. The number of amides is 1. The summed E-state index contributed by atoms with van der Waals surface area (Å²) in [4.78, 5) is 16.5. The molecule has 1 heterocycles. The number of nitrogens with one attached hydrogen (secondary N) is 1. The Balaban J connectivity index is 1.48. The lowest BCUT2D eigenvalue weighted by atomic mass is 10.1. The highest BCUT2D eigenvalue weighted by Gasteiger charge is 2.31. The molecular weight excluding hydrogens is 421 g/mol. The van der Waals surface area contributed by atoms with Gasteiger partial charge in [0, 0.05) is 38.8 Å². The fourth-order valence-electron chi connectivity index (χ4n) is 3.36. The van der Waals surface area contributed by atoms with Gasteiger partial charge in [-0.2, -0.15) is 0 Å². The number of ether oxygens (including phenoxy) is 1. The van der Waals surface area contributed by atoms with Crippen LogP contribution in [0.2, 0.25) is 0 Å². The SMILES string of the molecule is CC(C(=O)Nc1ccc(F)cc1F)N1CCN(Cc2ccc(OC(F)(F)F)cc2)CC1. The van der Waals surface area contributed by atoms with Gasteiger partial charge < -0.3 is 10.1 Å². The average Bonchev–Trinajstić information content (AvgIpc) is 2.70. The molecule has 168 valence electrons. The van der Waals surface area contributed by atoms with Gasteiger partial charge in [0.15, 0.2) is 0 Å². The smallest absolute Gasteiger partial charge is 0.406 e. The highest BCUT2D eigenvalue weighted by Crippen LogP contribution is 2.23. The van der Waals surface area contributed by atoms with Crippen LogP contribution in [0.25, 0.3) is 0 Å². The van der Waals surface area contributed by atoms with E-state index >= 15 is 0 Å². The molecule has 0 spiro atoms. The first-order valence-corrected chi connectivity index (χ1v) is 9.68.